The van der Waals surface area contributed by atoms with Gasteiger partial charge in [0.15, 0.2) is 0 Å². The van der Waals surface area contributed by atoms with Crippen molar-refractivity contribution in [3.05, 3.63) is 0 Å². The molecule has 0 aromatic carbocycles. The average Bonchev–Trinajstić information content (AvgIpc) is 2.28. The van der Waals surface area contributed by atoms with Crippen molar-refractivity contribution in [3.63, 3.8) is 0 Å². The second-order valence-electron chi connectivity index (χ2n) is 5.56. The van der Waals surface area contributed by atoms with Gasteiger partial charge in [-0.1, -0.05) is 0 Å². The van der Waals surface area contributed by atoms with Crippen LogP contribution in [0.3, 0.4) is 0 Å². The van der Waals surface area contributed by atoms with E-state index in [1.807, 2.05) is 0 Å². The number of hydrogen-bond donors (Lipinski definition) is 2. The lowest BCUT2D eigenvalue weighted by Gasteiger charge is -2.37. The van der Waals surface area contributed by atoms with E-state index in [4.69, 9.17) is 5.73 Å². The molecule has 1 aliphatic rings. The molecule has 0 heterocycles. The van der Waals surface area contributed by atoms with E-state index in [9.17, 15) is 4.79 Å². The maximum Gasteiger partial charge on any atom is 0.236 e. The van der Waals surface area contributed by atoms with Crippen molar-refractivity contribution in [3.8, 4) is 0 Å². The third kappa shape index (κ3) is 4.28. The lowest BCUT2D eigenvalue weighted by atomic mass is 9.89. The van der Waals surface area contributed by atoms with Gasteiger partial charge in [-0.25, -0.2) is 0 Å². The predicted molar refractivity (Wildman–Crippen MR) is 70.7 cm³/mol. The Bertz CT molecular complexity index is 245. The number of hydrogen-bond acceptors (Lipinski definition) is 3. The van der Waals surface area contributed by atoms with E-state index >= 15 is 0 Å². The third-order valence-electron chi connectivity index (χ3n) is 3.85. The predicted octanol–water partition coefficient (Wildman–Crippen LogP) is 1.10. The Balaban J connectivity index is 2.33. The maximum atomic E-state index is 11.5. The van der Waals surface area contributed by atoms with Gasteiger partial charge in [-0.05, 0) is 53.5 Å². The summed E-state index contributed by atoms with van der Waals surface area (Å²) in [5, 5.41) is 3.02. The SMILES string of the molecule is CC(N)C(=O)NC1CCC(N(C)C(C)C)CC1. The Labute approximate surface area is 105 Å². The number of amides is 1. The number of nitrogens with two attached hydrogens (primary N) is 1. The zero-order valence-corrected chi connectivity index (χ0v) is 11.6. The molecule has 0 bridgehead atoms. The van der Waals surface area contributed by atoms with Crippen LogP contribution < -0.4 is 11.1 Å². The summed E-state index contributed by atoms with van der Waals surface area (Å²) in [6.45, 7) is 6.18. The van der Waals surface area contributed by atoms with Crippen molar-refractivity contribution in [1.29, 1.82) is 0 Å². The quantitative estimate of drug-likeness (QED) is 0.775. The summed E-state index contributed by atoms with van der Waals surface area (Å²) in [5.41, 5.74) is 5.55. The van der Waals surface area contributed by atoms with E-state index in [1.165, 1.54) is 12.8 Å². The first kappa shape index (κ1) is 14.5. The minimum Gasteiger partial charge on any atom is -0.352 e. The molecule has 0 aliphatic heterocycles. The Kier molecular flexibility index (Phi) is 5.40. The molecule has 1 aliphatic carbocycles. The average molecular weight is 241 g/mol. The Hall–Kier alpha value is -0.610. The normalized spacial score (nSPS) is 27.2. The zero-order chi connectivity index (χ0) is 13.0. The molecule has 1 unspecified atom stereocenters. The summed E-state index contributed by atoms with van der Waals surface area (Å²) in [5.74, 6) is -0.0225. The van der Waals surface area contributed by atoms with Crippen molar-refractivity contribution >= 4 is 5.91 Å². The molecule has 0 spiro atoms. The van der Waals surface area contributed by atoms with Gasteiger partial charge >= 0.3 is 0 Å². The van der Waals surface area contributed by atoms with Gasteiger partial charge in [-0.2, -0.15) is 0 Å². The van der Waals surface area contributed by atoms with E-state index in [1.54, 1.807) is 6.92 Å². The van der Waals surface area contributed by atoms with Gasteiger partial charge in [-0.15, -0.1) is 0 Å². The van der Waals surface area contributed by atoms with Crippen molar-refractivity contribution in [2.24, 2.45) is 5.73 Å². The lowest BCUT2D eigenvalue weighted by Crippen LogP contribution is -2.48. The third-order valence-corrected chi connectivity index (χ3v) is 3.85. The van der Waals surface area contributed by atoms with Gasteiger partial charge in [0.05, 0.1) is 6.04 Å². The summed E-state index contributed by atoms with van der Waals surface area (Å²) in [6.07, 6.45) is 4.47. The van der Waals surface area contributed by atoms with Crippen molar-refractivity contribution in [2.75, 3.05) is 7.05 Å². The Morgan fingerprint density at radius 2 is 1.76 bits per heavy atom. The Morgan fingerprint density at radius 3 is 2.18 bits per heavy atom. The molecular weight excluding hydrogens is 214 g/mol. The molecule has 0 aromatic heterocycles. The molecule has 1 atom stereocenters. The molecule has 3 N–H and O–H groups in total. The van der Waals surface area contributed by atoms with Crippen LogP contribution in [0.1, 0.15) is 46.5 Å². The second kappa shape index (κ2) is 6.36. The first-order valence-corrected chi connectivity index (χ1v) is 6.69. The lowest BCUT2D eigenvalue weighted by molar-refractivity contribution is -0.123. The van der Waals surface area contributed by atoms with Gasteiger partial charge in [0, 0.05) is 18.1 Å². The highest BCUT2D eigenvalue weighted by Crippen LogP contribution is 2.23. The highest BCUT2D eigenvalue weighted by atomic mass is 16.2. The molecule has 4 heteroatoms. The van der Waals surface area contributed by atoms with Crippen LogP contribution in [0.4, 0.5) is 0 Å². The highest BCUT2D eigenvalue weighted by Gasteiger charge is 2.26. The van der Waals surface area contributed by atoms with Crippen LogP contribution in [0.5, 0.6) is 0 Å². The smallest absolute Gasteiger partial charge is 0.236 e. The van der Waals surface area contributed by atoms with Gasteiger partial charge in [0.1, 0.15) is 0 Å². The molecular formula is C13H27N3O. The number of carbonyl (C=O) groups excluding carboxylic acids is 1. The fourth-order valence-corrected chi connectivity index (χ4v) is 2.38. The Morgan fingerprint density at radius 1 is 1.24 bits per heavy atom. The van der Waals surface area contributed by atoms with Crippen LogP contribution in [-0.2, 0) is 4.79 Å². The first-order chi connectivity index (χ1) is 7.91. The topological polar surface area (TPSA) is 58.4 Å². The van der Waals surface area contributed by atoms with Crippen LogP contribution in [0.15, 0.2) is 0 Å². The van der Waals surface area contributed by atoms with Gasteiger partial charge in [0.25, 0.3) is 0 Å². The molecule has 1 fully saturated rings. The number of carbonyl (C=O) groups is 1. The minimum absolute atomic E-state index is 0.0225. The van der Waals surface area contributed by atoms with Crippen LogP contribution >= 0.6 is 0 Å². The first-order valence-electron chi connectivity index (χ1n) is 6.69. The molecule has 1 saturated carbocycles. The van der Waals surface area contributed by atoms with E-state index in [0.29, 0.717) is 18.1 Å². The summed E-state index contributed by atoms with van der Waals surface area (Å²) in [7, 11) is 2.19. The van der Waals surface area contributed by atoms with Gasteiger partial charge in [0.2, 0.25) is 5.91 Å². The fraction of sp³-hybridized carbons (Fsp3) is 0.923. The monoisotopic (exact) mass is 241 g/mol. The minimum atomic E-state index is -0.397. The fourth-order valence-electron chi connectivity index (χ4n) is 2.38. The van der Waals surface area contributed by atoms with Crippen molar-refractivity contribution in [1.82, 2.24) is 10.2 Å². The molecule has 1 rings (SSSR count). The summed E-state index contributed by atoms with van der Waals surface area (Å²) in [6, 6.07) is 1.19. The molecule has 0 aromatic rings. The van der Waals surface area contributed by atoms with Crippen LogP contribution in [0, 0.1) is 0 Å². The standard InChI is InChI=1S/C13H27N3O/c1-9(2)16(4)12-7-5-11(6-8-12)15-13(17)10(3)14/h9-12H,5-8,14H2,1-4H3,(H,15,17). The summed E-state index contributed by atoms with van der Waals surface area (Å²) >= 11 is 0. The zero-order valence-electron chi connectivity index (χ0n) is 11.6. The van der Waals surface area contributed by atoms with Crippen molar-refractivity contribution < 1.29 is 4.79 Å². The van der Waals surface area contributed by atoms with Gasteiger partial charge in [-0.3, -0.25) is 4.79 Å². The summed E-state index contributed by atoms with van der Waals surface area (Å²) < 4.78 is 0. The van der Waals surface area contributed by atoms with Gasteiger partial charge < -0.3 is 16.0 Å². The van der Waals surface area contributed by atoms with E-state index in [2.05, 4.69) is 31.1 Å². The largest absolute Gasteiger partial charge is 0.352 e. The molecule has 100 valence electrons. The number of nitrogens with zero attached hydrogens (tertiary/aromatic N) is 1. The molecule has 17 heavy (non-hydrogen) atoms. The van der Waals surface area contributed by atoms with Crippen LogP contribution in [0.2, 0.25) is 0 Å². The van der Waals surface area contributed by atoms with Crippen LogP contribution in [0.25, 0.3) is 0 Å². The van der Waals surface area contributed by atoms with E-state index in [-0.39, 0.29) is 5.91 Å². The van der Waals surface area contributed by atoms with E-state index < -0.39 is 6.04 Å². The van der Waals surface area contributed by atoms with E-state index in [0.717, 1.165) is 12.8 Å². The van der Waals surface area contributed by atoms with Crippen LogP contribution in [-0.4, -0.2) is 42.0 Å². The highest BCUT2D eigenvalue weighted by molar-refractivity contribution is 5.81. The molecule has 1 amide bonds. The molecule has 0 radical (unpaired) electrons. The molecule has 0 saturated heterocycles. The number of nitrogens with one attached hydrogen (secondary N) is 1. The second-order valence-corrected chi connectivity index (χ2v) is 5.56. The summed E-state index contributed by atoms with van der Waals surface area (Å²) in [4.78, 5) is 13.9. The molecule has 4 nitrogen and oxygen atoms in total. The van der Waals surface area contributed by atoms with Crippen molar-refractivity contribution in [2.45, 2.75) is 70.6 Å². The maximum absolute atomic E-state index is 11.5. The number of rotatable bonds is 4.